The molecule has 2 N–H and O–H groups in total. The molecule has 2 saturated heterocycles. The number of nitrogens with zero attached hydrogens (tertiary/aromatic N) is 2. The van der Waals surface area contributed by atoms with E-state index in [1.165, 1.54) is 31.5 Å². The number of carbonyl (C=O) groups is 2. The van der Waals surface area contributed by atoms with Crippen LogP contribution < -0.4 is 0 Å². The van der Waals surface area contributed by atoms with Crippen molar-refractivity contribution in [2.24, 2.45) is 5.92 Å². The number of oxazole rings is 1. The molecule has 0 aromatic carbocycles. The average Bonchev–Trinajstić information content (AvgIpc) is 3.06. The van der Waals surface area contributed by atoms with E-state index in [2.05, 4.69) is 16.0 Å². The Hall–Kier alpha value is -2.15. The Morgan fingerprint density at radius 2 is 2.16 bits per heavy atom. The van der Waals surface area contributed by atoms with E-state index in [1.807, 2.05) is 0 Å². The molecule has 2 fully saturated rings. The van der Waals surface area contributed by atoms with E-state index in [4.69, 9.17) is 24.2 Å². The lowest BCUT2D eigenvalue weighted by Gasteiger charge is -2.13. The summed E-state index contributed by atoms with van der Waals surface area (Å²) in [7, 11) is 0. The van der Waals surface area contributed by atoms with Crippen LogP contribution in [0.3, 0.4) is 0 Å². The third-order valence-corrected chi connectivity index (χ3v) is 3.16. The van der Waals surface area contributed by atoms with Gasteiger partial charge in [-0.25, -0.2) is 14.6 Å². The Labute approximate surface area is 109 Å². The van der Waals surface area contributed by atoms with Crippen LogP contribution in [0.1, 0.15) is 12.2 Å². The molecule has 3 heterocycles. The summed E-state index contributed by atoms with van der Waals surface area (Å²) in [6.45, 7) is 3.66. The summed E-state index contributed by atoms with van der Waals surface area (Å²) in [4.78, 5) is 24.6. The van der Waals surface area contributed by atoms with Crippen molar-refractivity contribution < 1.29 is 24.2 Å². The summed E-state index contributed by atoms with van der Waals surface area (Å²) >= 11 is 0. The first-order valence-corrected chi connectivity index (χ1v) is 5.84. The lowest BCUT2D eigenvalue weighted by Crippen LogP contribution is -2.17. The van der Waals surface area contributed by atoms with E-state index in [-0.39, 0.29) is 0 Å². The van der Waals surface area contributed by atoms with Crippen molar-refractivity contribution in [3.8, 4) is 0 Å². The molecule has 7 heteroatoms. The molecular formula is C12H14N2O5. The maximum atomic E-state index is 9.10. The van der Waals surface area contributed by atoms with Gasteiger partial charge in [0.1, 0.15) is 5.76 Å². The molecule has 2 aliphatic rings. The molecule has 2 atom stereocenters. The third kappa shape index (κ3) is 3.41. The van der Waals surface area contributed by atoms with Gasteiger partial charge in [0.05, 0.1) is 6.20 Å². The van der Waals surface area contributed by atoms with Crippen molar-refractivity contribution >= 4 is 18.0 Å². The molecule has 1 aromatic heterocycles. The number of hydrogen-bond acceptors (Lipinski definition) is 5. The summed E-state index contributed by atoms with van der Waals surface area (Å²) in [5, 5.41) is 14.8. The van der Waals surface area contributed by atoms with Crippen molar-refractivity contribution in [1.82, 2.24) is 9.88 Å². The van der Waals surface area contributed by atoms with Gasteiger partial charge >= 0.3 is 11.9 Å². The highest BCUT2D eigenvalue weighted by molar-refractivity contribution is 6.27. The first-order valence-electron chi connectivity index (χ1n) is 5.84. The number of rotatable bonds is 1. The summed E-state index contributed by atoms with van der Waals surface area (Å²) in [5.74, 6) is -1.97. The van der Waals surface area contributed by atoms with Gasteiger partial charge in [0, 0.05) is 13.1 Å². The zero-order valence-corrected chi connectivity index (χ0v) is 10.2. The van der Waals surface area contributed by atoms with Crippen molar-refractivity contribution in [2.45, 2.75) is 6.42 Å². The molecule has 3 rings (SSSR count). The Morgan fingerprint density at radius 1 is 1.42 bits per heavy atom. The van der Waals surface area contributed by atoms with Crippen molar-refractivity contribution in [3.63, 3.8) is 0 Å². The Bertz CT molecular complexity index is 482. The summed E-state index contributed by atoms with van der Waals surface area (Å²) in [6.07, 6.45) is 6.73. The van der Waals surface area contributed by atoms with Crippen LogP contribution in [0, 0.1) is 5.92 Å². The number of aromatic nitrogens is 1. The van der Waals surface area contributed by atoms with Crippen molar-refractivity contribution in [3.05, 3.63) is 23.9 Å². The highest BCUT2D eigenvalue weighted by atomic mass is 16.4. The highest BCUT2D eigenvalue weighted by Crippen LogP contribution is 2.33. The molecule has 2 aliphatic heterocycles. The van der Waals surface area contributed by atoms with Crippen molar-refractivity contribution in [2.75, 3.05) is 19.6 Å². The van der Waals surface area contributed by atoms with Crippen LogP contribution in [-0.4, -0.2) is 51.7 Å². The van der Waals surface area contributed by atoms with Crippen LogP contribution in [0.2, 0.25) is 0 Å². The van der Waals surface area contributed by atoms with E-state index < -0.39 is 11.9 Å². The average molecular weight is 266 g/mol. The summed E-state index contributed by atoms with van der Waals surface area (Å²) in [6, 6.07) is 0. The third-order valence-electron chi connectivity index (χ3n) is 3.16. The lowest BCUT2D eigenvalue weighted by atomic mass is 9.99. The molecule has 2 unspecified atom stereocenters. The minimum Gasteiger partial charge on any atom is -0.473 e. The van der Waals surface area contributed by atoms with Gasteiger partial charge in [-0.3, -0.25) is 4.90 Å². The molecule has 7 nitrogen and oxygen atoms in total. The number of carboxylic acids is 2. The second-order valence-corrected chi connectivity index (χ2v) is 4.45. The van der Waals surface area contributed by atoms with Gasteiger partial charge in [-0.2, -0.15) is 0 Å². The van der Waals surface area contributed by atoms with E-state index in [1.54, 1.807) is 6.20 Å². The maximum absolute atomic E-state index is 9.10. The second kappa shape index (κ2) is 5.66. The van der Waals surface area contributed by atoms with Crippen LogP contribution in [0.15, 0.2) is 22.6 Å². The molecule has 2 bridgehead atoms. The number of hydrogen-bond donors (Lipinski definition) is 2. The van der Waals surface area contributed by atoms with Gasteiger partial charge in [-0.15, -0.1) is 0 Å². The second-order valence-electron chi connectivity index (χ2n) is 4.45. The van der Waals surface area contributed by atoms with Gasteiger partial charge in [0.25, 0.3) is 0 Å². The van der Waals surface area contributed by atoms with Gasteiger partial charge < -0.3 is 14.6 Å². The number of fused-ring (bicyclic) bond motifs is 2. The first kappa shape index (κ1) is 13.3. The van der Waals surface area contributed by atoms with Gasteiger partial charge in [0.2, 0.25) is 0 Å². The fourth-order valence-corrected chi connectivity index (χ4v) is 2.31. The normalized spacial score (nSPS) is 26.0. The molecule has 0 aliphatic carbocycles. The van der Waals surface area contributed by atoms with E-state index in [0.29, 0.717) is 0 Å². The Morgan fingerprint density at radius 3 is 2.58 bits per heavy atom. The standard InChI is InChI=1S/C10H12N2O.C2H2O4/c1-2-12-5-8(1)9(6-12)3-10-4-11-7-13-10;3-1(4)2(5)6/h3-4,7-8H,1-2,5-6H2;(H,3,4)(H,5,6)/b9-3+;. The van der Waals surface area contributed by atoms with Gasteiger partial charge in [-0.05, 0) is 30.5 Å². The van der Waals surface area contributed by atoms with Crippen LogP contribution in [0.5, 0.6) is 0 Å². The molecule has 0 radical (unpaired) electrons. The SMILES string of the molecule is C(=C1/CN2CCC1C2)/c1cnco1.O=C(O)C(=O)O. The lowest BCUT2D eigenvalue weighted by molar-refractivity contribution is -0.159. The minimum absolute atomic E-state index is 0.782. The fraction of sp³-hybridized carbons (Fsp3) is 0.417. The minimum atomic E-state index is -1.82. The molecule has 0 saturated carbocycles. The highest BCUT2D eigenvalue weighted by Gasteiger charge is 2.33. The monoisotopic (exact) mass is 266 g/mol. The summed E-state index contributed by atoms with van der Waals surface area (Å²) in [5.41, 5.74) is 1.52. The molecule has 102 valence electrons. The van der Waals surface area contributed by atoms with Gasteiger partial charge in [-0.1, -0.05) is 0 Å². The molecule has 19 heavy (non-hydrogen) atoms. The topological polar surface area (TPSA) is 104 Å². The summed E-state index contributed by atoms with van der Waals surface area (Å²) < 4.78 is 5.20. The predicted molar refractivity (Wildman–Crippen MR) is 64.3 cm³/mol. The number of carboxylic acid groups (broad SMARTS) is 2. The van der Waals surface area contributed by atoms with Crippen LogP contribution in [0.25, 0.3) is 6.08 Å². The first-order chi connectivity index (χ1) is 9.06. The van der Waals surface area contributed by atoms with Gasteiger partial charge in [0.15, 0.2) is 6.39 Å². The quantitative estimate of drug-likeness (QED) is 0.715. The largest absolute Gasteiger partial charge is 0.473 e. The Balaban J connectivity index is 0.000000192. The van der Waals surface area contributed by atoms with Crippen LogP contribution in [-0.2, 0) is 9.59 Å². The number of aliphatic carboxylic acids is 2. The Kier molecular flexibility index (Phi) is 3.96. The van der Waals surface area contributed by atoms with E-state index >= 15 is 0 Å². The fourth-order valence-electron chi connectivity index (χ4n) is 2.31. The zero-order valence-electron chi connectivity index (χ0n) is 10.2. The van der Waals surface area contributed by atoms with E-state index in [0.717, 1.165) is 18.2 Å². The molecular weight excluding hydrogens is 252 g/mol. The number of piperidine rings is 1. The zero-order chi connectivity index (χ0) is 13.8. The van der Waals surface area contributed by atoms with Crippen molar-refractivity contribution in [1.29, 1.82) is 0 Å². The van der Waals surface area contributed by atoms with E-state index in [9.17, 15) is 0 Å². The van der Waals surface area contributed by atoms with Crippen LogP contribution >= 0.6 is 0 Å². The maximum Gasteiger partial charge on any atom is 0.414 e. The molecule has 1 aromatic rings. The predicted octanol–water partition coefficient (Wildman–Crippen LogP) is 0.549. The van der Waals surface area contributed by atoms with Crippen LogP contribution in [0.4, 0.5) is 0 Å². The smallest absolute Gasteiger partial charge is 0.414 e. The molecule has 0 amide bonds. The molecule has 0 spiro atoms.